The molecule has 156 valence electrons. The number of carbonyl (C=O) groups is 1. The number of carboxylic acid groups (broad SMARTS) is 1. The molecular formula is C21H37NO5. The number of rotatable bonds is 15. The lowest BCUT2D eigenvalue weighted by Crippen LogP contribution is -2.32. The van der Waals surface area contributed by atoms with Gasteiger partial charge >= 0.3 is 5.97 Å². The molecule has 4 N–H and O–H groups in total. The molecular weight excluding hydrogens is 346 g/mol. The van der Waals surface area contributed by atoms with E-state index in [0.717, 1.165) is 44.2 Å². The summed E-state index contributed by atoms with van der Waals surface area (Å²) >= 11 is 0. The number of aliphatic hydroxyl groups excluding tert-OH is 2. The SMILES string of the molecule is CCCCCCCCC(O)CCC1CC2=C(NOCCC(=O)O)CC2C1O. The molecule has 2 aliphatic rings. The third-order valence-electron chi connectivity index (χ3n) is 6.01. The highest BCUT2D eigenvalue weighted by Crippen LogP contribution is 2.49. The summed E-state index contributed by atoms with van der Waals surface area (Å²) in [6.45, 7) is 2.35. The van der Waals surface area contributed by atoms with Crippen molar-refractivity contribution in [2.75, 3.05) is 6.61 Å². The second-order valence-electron chi connectivity index (χ2n) is 8.15. The van der Waals surface area contributed by atoms with Crippen LogP contribution >= 0.6 is 0 Å². The van der Waals surface area contributed by atoms with Crippen LogP contribution in [0.3, 0.4) is 0 Å². The van der Waals surface area contributed by atoms with Crippen molar-refractivity contribution in [1.29, 1.82) is 0 Å². The normalized spacial score (nSPS) is 25.2. The maximum absolute atomic E-state index is 10.5. The van der Waals surface area contributed by atoms with E-state index in [9.17, 15) is 15.0 Å². The summed E-state index contributed by atoms with van der Waals surface area (Å²) < 4.78 is 0. The Kier molecular flexibility index (Phi) is 9.59. The van der Waals surface area contributed by atoms with Crippen LogP contribution in [0.4, 0.5) is 0 Å². The fraction of sp³-hybridized carbons (Fsp3) is 0.857. The lowest BCUT2D eigenvalue weighted by Gasteiger charge is -2.30. The van der Waals surface area contributed by atoms with Gasteiger partial charge < -0.3 is 15.3 Å². The fourth-order valence-corrected chi connectivity index (χ4v) is 4.27. The van der Waals surface area contributed by atoms with Crippen molar-refractivity contribution >= 4 is 5.97 Å². The lowest BCUT2D eigenvalue weighted by atomic mass is 9.83. The van der Waals surface area contributed by atoms with Gasteiger partial charge in [-0.05, 0) is 43.6 Å². The first-order chi connectivity index (χ1) is 13.0. The second kappa shape index (κ2) is 11.7. The minimum absolute atomic E-state index is 0.0270. The smallest absolute Gasteiger partial charge is 0.305 e. The van der Waals surface area contributed by atoms with Crippen molar-refractivity contribution in [2.24, 2.45) is 11.8 Å². The van der Waals surface area contributed by atoms with Crippen molar-refractivity contribution < 1.29 is 25.0 Å². The highest BCUT2D eigenvalue weighted by molar-refractivity contribution is 5.66. The molecule has 6 heteroatoms. The summed E-state index contributed by atoms with van der Waals surface area (Å²) in [6.07, 6.45) is 10.9. The molecule has 0 saturated heterocycles. The summed E-state index contributed by atoms with van der Waals surface area (Å²) in [6, 6.07) is 0. The Morgan fingerprint density at radius 2 is 1.93 bits per heavy atom. The number of hydrogen-bond acceptors (Lipinski definition) is 5. The van der Waals surface area contributed by atoms with E-state index in [1.165, 1.54) is 37.7 Å². The molecule has 6 nitrogen and oxygen atoms in total. The van der Waals surface area contributed by atoms with E-state index in [4.69, 9.17) is 9.94 Å². The Morgan fingerprint density at radius 3 is 2.67 bits per heavy atom. The Labute approximate surface area is 162 Å². The van der Waals surface area contributed by atoms with Crippen LogP contribution in [0.2, 0.25) is 0 Å². The van der Waals surface area contributed by atoms with Crippen molar-refractivity contribution in [3.05, 3.63) is 11.3 Å². The molecule has 2 rings (SSSR count). The number of fused-ring (bicyclic) bond motifs is 1. The molecule has 4 atom stereocenters. The number of aliphatic carboxylic acids is 1. The number of nitrogens with one attached hydrogen (secondary N) is 1. The lowest BCUT2D eigenvalue weighted by molar-refractivity contribution is -0.138. The Morgan fingerprint density at radius 1 is 1.19 bits per heavy atom. The molecule has 2 aliphatic carbocycles. The maximum Gasteiger partial charge on any atom is 0.305 e. The second-order valence-corrected chi connectivity index (χ2v) is 8.15. The molecule has 0 aromatic heterocycles. The van der Waals surface area contributed by atoms with Crippen molar-refractivity contribution in [2.45, 2.75) is 96.2 Å². The van der Waals surface area contributed by atoms with Crippen LogP contribution in [0, 0.1) is 11.8 Å². The molecule has 27 heavy (non-hydrogen) atoms. The first-order valence-electron chi connectivity index (χ1n) is 10.7. The Bertz CT molecular complexity index is 493. The zero-order valence-electron chi connectivity index (χ0n) is 16.7. The van der Waals surface area contributed by atoms with Gasteiger partial charge in [0.05, 0.1) is 25.2 Å². The van der Waals surface area contributed by atoms with Crippen LogP contribution in [-0.4, -0.2) is 40.1 Å². The number of hydroxylamine groups is 1. The van der Waals surface area contributed by atoms with E-state index in [0.29, 0.717) is 0 Å². The summed E-state index contributed by atoms with van der Waals surface area (Å²) in [5.41, 5.74) is 5.07. The number of unbranched alkanes of at least 4 members (excludes halogenated alkanes) is 5. The number of carboxylic acids is 1. The van der Waals surface area contributed by atoms with Gasteiger partial charge in [0.15, 0.2) is 0 Å². The highest BCUT2D eigenvalue weighted by Gasteiger charge is 2.45. The molecule has 0 bridgehead atoms. The monoisotopic (exact) mass is 383 g/mol. The largest absolute Gasteiger partial charge is 0.481 e. The van der Waals surface area contributed by atoms with E-state index in [1.54, 1.807) is 0 Å². The van der Waals surface area contributed by atoms with Gasteiger partial charge in [0.1, 0.15) is 0 Å². The topological polar surface area (TPSA) is 99.0 Å². The van der Waals surface area contributed by atoms with Crippen LogP contribution in [-0.2, 0) is 9.63 Å². The van der Waals surface area contributed by atoms with E-state index in [1.807, 2.05) is 0 Å². The van der Waals surface area contributed by atoms with Gasteiger partial charge in [0, 0.05) is 11.6 Å². The van der Waals surface area contributed by atoms with Gasteiger partial charge in [0.2, 0.25) is 0 Å². The standard InChI is InChI=1S/C21H37NO5/c1-2-3-4-5-6-7-8-16(23)10-9-15-13-17-18(21(15)26)14-19(17)22-27-12-11-20(24)25/h15-16,18,21-23,26H,2-14H2,1H3,(H,24,25). The maximum atomic E-state index is 10.5. The summed E-state index contributed by atoms with van der Waals surface area (Å²) in [7, 11) is 0. The summed E-state index contributed by atoms with van der Waals surface area (Å²) in [4.78, 5) is 15.7. The average Bonchev–Trinajstić information content (AvgIpc) is 2.86. The average molecular weight is 384 g/mol. The van der Waals surface area contributed by atoms with Gasteiger partial charge in [0.25, 0.3) is 0 Å². The van der Waals surface area contributed by atoms with Crippen molar-refractivity contribution in [3.8, 4) is 0 Å². The van der Waals surface area contributed by atoms with E-state index in [2.05, 4.69) is 12.4 Å². The zero-order valence-corrected chi connectivity index (χ0v) is 16.7. The molecule has 0 aromatic carbocycles. The molecule has 0 aromatic rings. The number of allylic oxidation sites excluding steroid dienone is 1. The van der Waals surface area contributed by atoms with Gasteiger partial charge in [-0.2, -0.15) is 0 Å². The zero-order chi connectivity index (χ0) is 19.6. The summed E-state index contributed by atoms with van der Waals surface area (Å²) in [5.74, 6) is -0.462. The third-order valence-corrected chi connectivity index (χ3v) is 6.01. The molecule has 1 saturated carbocycles. The molecule has 0 amide bonds. The first-order valence-corrected chi connectivity index (χ1v) is 10.7. The van der Waals surface area contributed by atoms with E-state index < -0.39 is 5.97 Å². The summed E-state index contributed by atoms with van der Waals surface area (Å²) in [5, 5.41) is 29.3. The van der Waals surface area contributed by atoms with Crippen LogP contribution < -0.4 is 5.48 Å². The van der Waals surface area contributed by atoms with Crippen LogP contribution in [0.1, 0.15) is 84.0 Å². The molecule has 4 unspecified atom stereocenters. The van der Waals surface area contributed by atoms with E-state index >= 15 is 0 Å². The first kappa shape index (κ1) is 22.2. The van der Waals surface area contributed by atoms with Crippen molar-refractivity contribution in [3.63, 3.8) is 0 Å². The van der Waals surface area contributed by atoms with Crippen LogP contribution in [0.25, 0.3) is 0 Å². The number of hydrogen-bond donors (Lipinski definition) is 4. The molecule has 0 radical (unpaired) electrons. The van der Waals surface area contributed by atoms with Gasteiger partial charge in [-0.1, -0.05) is 45.4 Å². The van der Waals surface area contributed by atoms with E-state index in [-0.39, 0.29) is 37.1 Å². The quantitative estimate of drug-likeness (QED) is 0.255. The molecule has 0 aliphatic heterocycles. The Balaban J connectivity index is 1.60. The van der Waals surface area contributed by atoms with Crippen LogP contribution in [0.15, 0.2) is 11.3 Å². The minimum Gasteiger partial charge on any atom is -0.481 e. The fourth-order valence-electron chi connectivity index (χ4n) is 4.27. The van der Waals surface area contributed by atoms with Crippen LogP contribution in [0.5, 0.6) is 0 Å². The number of aliphatic hydroxyl groups is 2. The van der Waals surface area contributed by atoms with Gasteiger partial charge in [-0.3, -0.25) is 15.1 Å². The predicted molar refractivity (Wildman–Crippen MR) is 104 cm³/mol. The third kappa shape index (κ3) is 7.09. The van der Waals surface area contributed by atoms with Crippen molar-refractivity contribution in [1.82, 2.24) is 5.48 Å². The highest BCUT2D eigenvalue weighted by atomic mass is 16.6. The van der Waals surface area contributed by atoms with Gasteiger partial charge in [-0.15, -0.1) is 0 Å². The van der Waals surface area contributed by atoms with Gasteiger partial charge in [-0.25, -0.2) is 0 Å². The minimum atomic E-state index is -0.878. The molecule has 0 spiro atoms. The Hall–Kier alpha value is -1.11. The molecule has 0 heterocycles. The predicted octanol–water partition coefficient (Wildman–Crippen LogP) is 3.53. The molecule has 1 fully saturated rings.